The normalized spacial score (nSPS) is 12.8. The zero-order valence-electron chi connectivity index (χ0n) is 11.5. The molecule has 0 saturated heterocycles. The van der Waals surface area contributed by atoms with Crippen molar-refractivity contribution in [3.8, 4) is 0 Å². The minimum atomic E-state index is -1.23. The van der Waals surface area contributed by atoms with Crippen LogP contribution in [0.4, 0.5) is 0 Å². The van der Waals surface area contributed by atoms with E-state index in [0.29, 0.717) is 0 Å². The number of ether oxygens (including phenoxy) is 3. The summed E-state index contributed by atoms with van der Waals surface area (Å²) in [4.78, 5) is 45.2. The van der Waals surface area contributed by atoms with Gasteiger partial charge in [0.15, 0.2) is 0 Å². The van der Waals surface area contributed by atoms with Crippen LogP contribution >= 0.6 is 0 Å². The lowest BCUT2D eigenvalue weighted by Gasteiger charge is -2.17. The Labute approximate surface area is 115 Å². The summed E-state index contributed by atoms with van der Waals surface area (Å²) >= 11 is 0. The molecule has 0 aromatic heterocycles. The molecule has 3 N–H and O–H groups in total. The van der Waals surface area contributed by atoms with Crippen molar-refractivity contribution >= 4 is 23.8 Å². The van der Waals surface area contributed by atoms with Crippen molar-refractivity contribution < 1.29 is 33.4 Å². The van der Waals surface area contributed by atoms with E-state index < -0.39 is 42.3 Å². The van der Waals surface area contributed by atoms with Crippen LogP contribution in [0.3, 0.4) is 0 Å². The Morgan fingerprint density at radius 3 is 1.90 bits per heavy atom. The lowest BCUT2D eigenvalue weighted by molar-refractivity contribution is -0.151. The Bertz CT molecular complexity index is 383. The van der Waals surface area contributed by atoms with Gasteiger partial charge in [0.05, 0.1) is 40.2 Å². The molecule has 114 valence electrons. The third-order valence-corrected chi connectivity index (χ3v) is 2.35. The molecule has 0 fully saturated rings. The third-order valence-electron chi connectivity index (χ3n) is 2.35. The van der Waals surface area contributed by atoms with Gasteiger partial charge < -0.3 is 25.3 Å². The van der Waals surface area contributed by atoms with Crippen molar-refractivity contribution in [1.29, 1.82) is 0 Å². The molecule has 20 heavy (non-hydrogen) atoms. The fraction of sp³-hybridized carbons (Fsp3) is 0.636. The number of nitrogens with two attached hydrogens (primary N) is 1. The van der Waals surface area contributed by atoms with Crippen LogP contribution in [0.5, 0.6) is 0 Å². The maximum Gasteiger partial charge on any atom is 0.328 e. The van der Waals surface area contributed by atoms with Crippen LogP contribution in [-0.2, 0) is 33.4 Å². The van der Waals surface area contributed by atoms with Gasteiger partial charge in [-0.05, 0) is 0 Å². The monoisotopic (exact) mass is 290 g/mol. The fourth-order valence-corrected chi connectivity index (χ4v) is 1.22. The number of carbonyl (C=O) groups excluding carboxylic acids is 4. The predicted molar refractivity (Wildman–Crippen MR) is 65.2 cm³/mol. The fourth-order valence-electron chi connectivity index (χ4n) is 1.22. The Balaban J connectivity index is 4.63. The zero-order chi connectivity index (χ0) is 15.7. The second-order valence-electron chi connectivity index (χ2n) is 3.75. The number of methoxy groups -OCH3 is 3. The van der Waals surface area contributed by atoms with E-state index in [1.54, 1.807) is 0 Å². The Morgan fingerprint density at radius 1 is 0.950 bits per heavy atom. The number of carbonyl (C=O) groups is 4. The van der Waals surface area contributed by atoms with E-state index in [1.807, 2.05) is 0 Å². The Hall–Kier alpha value is -2.16. The highest BCUT2D eigenvalue weighted by molar-refractivity contribution is 5.91. The van der Waals surface area contributed by atoms with Crippen LogP contribution in [0.15, 0.2) is 0 Å². The van der Waals surface area contributed by atoms with Crippen LogP contribution in [0, 0.1) is 0 Å². The standard InChI is InChI=1S/C11H18N2O7/c1-18-8(14)4-6(12)10(16)13-7(11(17)20-3)5-9(15)19-2/h6-7H,4-5,12H2,1-3H3,(H,13,16)/t6-,7-/m0/s1. The zero-order valence-corrected chi connectivity index (χ0v) is 11.5. The van der Waals surface area contributed by atoms with Gasteiger partial charge in [-0.15, -0.1) is 0 Å². The molecule has 2 atom stereocenters. The van der Waals surface area contributed by atoms with Crippen molar-refractivity contribution in [2.45, 2.75) is 24.9 Å². The largest absolute Gasteiger partial charge is 0.469 e. The summed E-state index contributed by atoms with van der Waals surface area (Å²) in [6.45, 7) is 0. The molecule has 0 saturated carbocycles. The topological polar surface area (TPSA) is 134 Å². The Kier molecular flexibility index (Phi) is 7.90. The van der Waals surface area contributed by atoms with Crippen molar-refractivity contribution in [2.24, 2.45) is 5.73 Å². The van der Waals surface area contributed by atoms with Crippen LogP contribution in [-0.4, -0.2) is 57.2 Å². The molecule has 0 spiro atoms. The van der Waals surface area contributed by atoms with E-state index >= 15 is 0 Å². The minimum Gasteiger partial charge on any atom is -0.469 e. The summed E-state index contributed by atoms with van der Waals surface area (Å²) in [5.41, 5.74) is 5.47. The van der Waals surface area contributed by atoms with Crippen LogP contribution in [0.2, 0.25) is 0 Å². The molecule has 0 aliphatic rings. The molecule has 0 aromatic rings. The average molecular weight is 290 g/mol. The highest BCUT2D eigenvalue weighted by Gasteiger charge is 2.28. The van der Waals surface area contributed by atoms with Gasteiger partial charge in [-0.1, -0.05) is 0 Å². The lowest BCUT2D eigenvalue weighted by Crippen LogP contribution is -2.50. The van der Waals surface area contributed by atoms with Crippen molar-refractivity contribution in [2.75, 3.05) is 21.3 Å². The molecule has 1 amide bonds. The molecular weight excluding hydrogens is 272 g/mol. The Morgan fingerprint density at radius 2 is 1.45 bits per heavy atom. The minimum absolute atomic E-state index is 0.353. The summed E-state index contributed by atoms with van der Waals surface area (Å²) in [7, 11) is 3.40. The molecule has 0 heterocycles. The first-order valence-corrected chi connectivity index (χ1v) is 5.63. The quantitative estimate of drug-likeness (QED) is 0.410. The maximum absolute atomic E-state index is 11.7. The van der Waals surface area contributed by atoms with E-state index in [2.05, 4.69) is 19.5 Å². The molecule has 0 unspecified atom stereocenters. The summed E-state index contributed by atoms with van der Waals surface area (Å²) in [6, 6.07) is -2.43. The summed E-state index contributed by atoms with van der Waals surface area (Å²) in [5.74, 6) is -2.99. The highest BCUT2D eigenvalue weighted by atomic mass is 16.5. The molecule has 0 aromatic carbocycles. The van der Waals surface area contributed by atoms with Crippen molar-refractivity contribution in [3.63, 3.8) is 0 Å². The van der Waals surface area contributed by atoms with Gasteiger partial charge in [-0.25, -0.2) is 4.79 Å². The maximum atomic E-state index is 11.7. The number of rotatable bonds is 7. The van der Waals surface area contributed by atoms with Crippen LogP contribution in [0.1, 0.15) is 12.8 Å². The van der Waals surface area contributed by atoms with Crippen LogP contribution < -0.4 is 11.1 Å². The molecule has 0 aliphatic carbocycles. The average Bonchev–Trinajstić information content (AvgIpc) is 2.44. The SMILES string of the molecule is COC(=O)C[C@H](NC(=O)[C@@H](N)CC(=O)OC)C(=O)OC. The molecule has 9 heteroatoms. The summed E-state index contributed by atoms with van der Waals surface area (Å²) < 4.78 is 13.2. The van der Waals surface area contributed by atoms with Gasteiger partial charge in [-0.3, -0.25) is 14.4 Å². The summed E-state index contributed by atoms with van der Waals surface area (Å²) in [6.07, 6.45) is -0.756. The lowest BCUT2D eigenvalue weighted by atomic mass is 10.1. The molecule has 0 radical (unpaired) electrons. The van der Waals surface area contributed by atoms with E-state index in [1.165, 1.54) is 0 Å². The molecule has 0 rings (SSSR count). The van der Waals surface area contributed by atoms with Gasteiger partial charge in [0.25, 0.3) is 0 Å². The van der Waals surface area contributed by atoms with Gasteiger partial charge in [0.2, 0.25) is 5.91 Å². The smallest absolute Gasteiger partial charge is 0.328 e. The highest BCUT2D eigenvalue weighted by Crippen LogP contribution is 2.00. The first kappa shape index (κ1) is 17.8. The van der Waals surface area contributed by atoms with Crippen molar-refractivity contribution in [1.82, 2.24) is 5.32 Å². The van der Waals surface area contributed by atoms with E-state index in [-0.39, 0.29) is 6.42 Å². The first-order valence-electron chi connectivity index (χ1n) is 5.63. The number of hydrogen-bond donors (Lipinski definition) is 2. The third kappa shape index (κ3) is 6.14. The van der Waals surface area contributed by atoms with Gasteiger partial charge in [0.1, 0.15) is 6.04 Å². The second kappa shape index (κ2) is 8.86. The number of nitrogens with one attached hydrogen (secondary N) is 1. The molecule has 0 aliphatic heterocycles. The molecular formula is C11H18N2O7. The van der Waals surface area contributed by atoms with E-state index in [4.69, 9.17) is 5.73 Å². The first-order chi connectivity index (χ1) is 9.35. The van der Waals surface area contributed by atoms with Gasteiger partial charge >= 0.3 is 17.9 Å². The van der Waals surface area contributed by atoms with Crippen LogP contribution in [0.25, 0.3) is 0 Å². The molecule has 9 nitrogen and oxygen atoms in total. The van der Waals surface area contributed by atoms with E-state index in [9.17, 15) is 19.2 Å². The predicted octanol–water partition coefficient (Wildman–Crippen LogP) is -1.90. The van der Waals surface area contributed by atoms with Gasteiger partial charge in [0, 0.05) is 0 Å². The summed E-state index contributed by atoms with van der Waals surface area (Å²) in [5, 5.41) is 2.22. The second-order valence-corrected chi connectivity index (χ2v) is 3.75. The van der Waals surface area contributed by atoms with Crippen molar-refractivity contribution in [3.05, 3.63) is 0 Å². The van der Waals surface area contributed by atoms with E-state index in [0.717, 1.165) is 21.3 Å². The number of esters is 3. The van der Waals surface area contributed by atoms with Gasteiger partial charge in [-0.2, -0.15) is 0 Å². The number of hydrogen-bond acceptors (Lipinski definition) is 8. The number of amides is 1. The molecule has 0 bridgehead atoms.